The lowest BCUT2D eigenvalue weighted by molar-refractivity contribution is -0.144. The third kappa shape index (κ3) is 3.34. The molecule has 0 unspecified atom stereocenters. The Morgan fingerprint density at radius 2 is 1.68 bits per heavy atom. The highest BCUT2D eigenvalue weighted by atomic mass is 35.5. The highest BCUT2D eigenvalue weighted by molar-refractivity contribution is 6.45. The molecule has 1 aliphatic carbocycles. The highest BCUT2D eigenvalue weighted by Crippen LogP contribution is 2.30. The first kappa shape index (κ1) is 17.7. The molecule has 0 bridgehead atoms. The first-order valence-corrected chi connectivity index (χ1v) is 8.58. The summed E-state index contributed by atoms with van der Waals surface area (Å²) in [5, 5.41) is 2.92. The molecular formula is C16H15Cl2N3O4. The summed E-state index contributed by atoms with van der Waals surface area (Å²) in [6.07, 6.45) is 3.17. The second-order valence-corrected chi connectivity index (χ2v) is 6.75. The maximum absolute atomic E-state index is 12.4. The molecule has 7 nitrogen and oxygen atoms in total. The van der Waals surface area contributed by atoms with E-state index < -0.39 is 30.3 Å². The predicted molar refractivity (Wildman–Crippen MR) is 91.3 cm³/mol. The van der Waals surface area contributed by atoms with Crippen molar-refractivity contribution in [3.63, 3.8) is 0 Å². The van der Waals surface area contributed by atoms with E-state index >= 15 is 0 Å². The van der Waals surface area contributed by atoms with Crippen LogP contribution >= 0.6 is 23.2 Å². The van der Waals surface area contributed by atoms with Crippen molar-refractivity contribution in [2.45, 2.75) is 31.7 Å². The maximum atomic E-state index is 12.4. The number of imide groups is 2. The SMILES string of the molecule is O=C(CN1C(=O)C(=O)N(C2CCCC2)C1=O)Nc1c(Cl)cccc1Cl. The number of anilines is 1. The highest BCUT2D eigenvalue weighted by Gasteiger charge is 2.48. The third-order valence-corrected chi connectivity index (χ3v) is 4.93. The van der Waals surface area contributed by atoms with Crippen molar-refractivity contribution in [2.75, 3.05) is 11.9 Å². The van der Waals surface area contributed by atoms with E-state index in [2.05, 4.69) is 5.32 Å². The number of halogens is 2. The van der Waals surface area contributed by atoms with Gasteiger partial charge in [-0.25, -0.2) is 9.69 Å². The summed E-state index contributed by atoms with van der Waals surface area (Å²) >= 11 is 11.9. The lowest BCUT2D eigenvalue weighted by atomic mass is 10.2. The number of carbonyl (C=O) groups excluding carboxylic acids is 4. The van der Waals surface area contributed by atoms with Crippen molar-refractivity contribution in [3.8, 4) is 0 Å². The molecule has 5 amide bonds. The van der Waals surface area contributed by atoms with Gasteiger partial charge in [0.05, 0.1) is 15.7 Å². The number of benzene rings is 1. The first-order valence-electron chi connectivity index (χ1n) is 7.83. The van der Waals surface area contributed by atoms with Crippen molar-refractivity contribution < 1.29 is 19.2 Å². The van der Waals surface area contributed by atoms with Gasteiger partial charge < -0.3 is 5.32 Å². The summed E-state index contributed by atoms with van der Waals surface area (Å²) < 4.78 is 0. The molecule has 0 aromatic heterocycles. The largest absolute Gasteiger partial charge is 0.334 e. The van der Waals surface area contributed by atoms with E-state index in [-0.39, 0.29) is 21.8 Å². The van der Waals surface area contributed by atoms with Crippen molar-refractivity contribution >= 4 is 52.6 Å². The number of amides is 5. The minimum absolute atomic E-state index is 0.189. The quantitative estimate of drug-likeness (QED) is 0.639. The molecule has 1 heterocycles. The summed E-state index contributed by atoms with van der Waals surface area (Å²) in [5.74, 6) is -2.53. The van der Waals surface area contributed by atoms with E-state index in [1.54, 1.807) is 18.2 Å². The van der Waals surface area contributed by atoms with E-state index in [0.717, 1.165) is 17.7 Å². The van der Waals surface area contributed by atoms with E-state index in [0.29, 0.717) is 17.7 Å². The summed E-state index contributed by atoms with van der Waals surface area (Å²) in [7, 11) is 0. The number of nitrogens with one attached hydrogen (secondary N) is 1. The minimum atomic E-state index is -0.989. The Hall–Kier alpha value is -2.12. The molecular weight excluding hydrogens is 369 g/mol. The second-order valence-electron chi connectivity index (χ2n) is 5.93. The van der Waals surface area contributed by atoms with Crippen molar-refractivity contribution in [1.82, 2.24) is 9.80 Å². The summed E-state index contributed by atoms with van der Waals surface area (Å²) in [6, 6.07) is 3.69. The van der Waals surface area contributed by atoms with Crippen LogP contribution in [0.2, 0.25) is 10.0 Å². The Balaban J connectivity index is 1.71. The summed E-state index contributed by atoms with van der Waals surface area (Å²) in [5.41, 5.74) is 0.189. The van der Waals surface area contributed by atoms with Gasteiger partial charge in [0.15, 0.2) is 0 Å². The fraction of sp³-hybridized carbons (Fsp3) is 0.375. The lowest BCUT2D eigenvalue weighted by Crippen LogP contribution is -2.41. The molecule has 3 rings (SSSR count). The van der Waals surface area contributed by atoms with Gasteiger partial charge in [0.2, 0.25) is 5.91 Å². The number of para-hydroxylation sites is 1. The number of rotatable bonds is 4. The molecule has 2 aliphatic rings. The van der Waals surface area contributed by atoms with Crippen LogP contribution in [0.1, 0.15) is 25.7 Å². The van der Waals surface area contributed by atoms with Gasteiger partial charge >= 0.3 is 17.8 Å². The zero-order valence-electron chi connectivity index (χ0n) is 13.1. The molecule has 0 atom stereocenters. The van der Waals surface area contributed by atoms with Crippen LogP contribution in [0.5, 0.6) is 0 Å². The number of nitrogens with zero attached hydrogens (tertiary/aromatic N) is 2. The first-order chi connectivity index (χ1) is 11.9. The molecule has 1 N–H and O–H groups in total. The normalized spacial score (nSPS) is 18.4. The molecule has 0 radical (unpaired) electrons. The van der Waals surface area contributed by atoms with Crippen molar-refractivity contribution in [2.24, 2.45) is 0 Å². The Morgan fingerprint density at radius 1 is 1.08 bits per heavy atom. The second kappa shape index (κ2) is 7.01. The van der Waals surface area contributed by atoms with E-state index in [9.17, 15) is 19.2 Å². The minimum Gasteiger partial charge on any atom is -0.322 e. The molecule has 1 aromatic carbocycles. The Morgan fingerprint density at radius 3 is 2.28 bits per heavy atom. The fourth-order valence-corrected chi connectivity index (χ4v) is 3.58. The average molecular weight is 384 g/mol. The summed E-state index contributed by atoms with van der Waals surface area (Å²) in [6.45, 7) is -0.575. The van der Waals surface area contributed by atoms with Gasteiger partial charge in [0, 0.05) is 6.04 Å². The lowest BCUT2D eigenvalue weighted by Gasteiger charge is -2.21. The van der Waals surface area contributed by atoms with Crippen LogP contribution in [0.3, 0.4) is 0 Å². The van der Waals surface area contributed by atoms with Crippen LogP contribution < -0.4 is 5.32 Å². The van der Waals surface area contributed by atoms with Gasteiger partial charge in [-0.3, -0.25) is 19.3 Å². The van der Waals surface area contributed by atoms with Gasteiger partial charge in [-0.1, -0.05) is 42.1 Å². The molecule has 2 fully saturated rings. The molecule has 25 heavy (non-hydrogen) atoms. The van der Waals surface area contributed by atoms with Gasteiger partial charge in [-0.2, -0.15) is 0 Å². The van der Waals surface area contributed by atoms with Crippen molar-refractivity contribution in [3.05, 3.63) is 28.2 Å². The van der Waals surface area contributed by atoms with E-state index in [1.807, 2.05) is 0 Å². The smallest absolute Gasteiger partial charge is 0.322 e. The van der Waals surface area contributed by atoms with E-state index in [4.69, 9.17) is 23.2 Å². The Labute approximate surface area is 153 Å². The van der Waals surface area contributed by atoms with Gasteiger partial charge in [-0.05, 0) is 25.0 Å². The number of urea groups is 1. The molecule has 9 heteroatoms. The van der Waals surface area contributed by atoms with Gasteiger partial charge in [-0.15, -0.1) is 0 Å². The van der Waals surface area contributed by atoms with Crippen LogP contribution in [-0.4, -0.2) is 46.1 Å². The summed E-state index contributed by atoms with van der Waals surface area (Å²) in [4.78, 5) is 50.4. The zero-order chi connectivity index (χ0) is 18.1. The molecule has 1 aliphatic heterocycles. The fourth-order valence-electron chi connectivity index (χ4n) is 3.09. The van der Waals surface area contributed by atoms with Crippen molar-refractivity contribution in [1.29, 1.82) is 0 Å². The van der Waals surface area contributed by atoms with Gasteiger partial charge in [0.1, 0.15) is 6.54 Å². The Bertz CT molecular complexity index is 741. The Kier molecular flexibility index (Phi) is 4.96. The number of hydrogen-bond acceptors (Lipinski definition) is 4. The standard InChI is InChI=1S/C16H15Cl2N3O4/c17-10-6-3-7-11(18)13(10)19-12(22)8-20-14(23)15(24)21(16(20)25)9-4-1-2-5-9/h3,6-7,9H,1-2,4-5,8H2,(H,19,22). The third-order valence-electron chi connectivity index (χ3n) is 4.30. The van der Waals surface area contributed by atoms with Crippen LogP contribution in [0, 0.1) is 0 Å². The number of carbonyl (C=O) groups is 4. The van der Waals surface area contributed by atoms with Crippen LogP contribution in [-0.2, 0) is 14.4 Å². The average Bonchev–Trinajstić information content (AvgIpc) is 3.15. The zero-order valence-corrected chi connectivity index (χ0v) is 14.6. The van der Waals surface area contributed by atoms with Gasteiger partial charge in [0.25, 0.3) is 0 Å². The number of hydrogen-bond donors (Lipinski definition) is 1. The van der Waals surface area contributed by atoms with Crippen LogP contribution in [0.4, 0.5) is 10.5 Å². The molecule has 1 saturated carbocycles. The molecule has 132 valence electrons. The van der Waals surface area contributed by atoms with E-state index in [1.165, 1.54) is 0 Å². The maximum Gasteiger partial charge on any atom is 0.334 e. The van der Waals surface area contributed by atoms with Crippen LogP contribution in [0.15, 0.2) is 18.2 Å². The topological polar surface area (TPSA) is 86.8 Å². The molecule has 0 spiro atoms. The van der Waals surface area contributed by atoms with Crippen LogP contribution in [0.25, 0.3) is 0 Å². The molecule has 1 aromatic rings. The monoisotopic (exact) mass is 383 g/mol. The predicted octanol–water partition coefficient (Wildman–Crippen LogP) is 2.67. The molecule has 1 saturated heterocycles.